The van der Waals surface area contributed by atoms with Crippen LogP contribution in [0.2, 0.25) is 0 Å². The molecule has 8 heteroatoms. The minimum atomic E-state index is -4.50. The molecule has 0 aliphatic heterocycles. The molecule has 2 amide bonds. The lowest BCUT2D eigenvalue weighted by molar-refractivity contribution is -0.137. The molecule has 20 heavy (non-hydrogen) atoms. The van der Waals surface area contributed by atoms with E-state index in [0.29, 0.717) is 4.90 Å². The van der Waals surface area contributed by atoms with Crippen molar-refractivity contribution in [3.63, 3.8) is 0 Å². The number of benzene rings is 1. The highest BCUT2D eigenvalue weighted by molar-refractivity contribution is 5.95. The van der Waals surface area contributed by atoms with Gasteiger partial charge in [0.25, 0.3) is 0 Å². The predicted octanol–water partition coefficient (Wildman–Crippen LogP) is 2.72. The van der Waals surface area contributed by atoms with Gasteiger partial charge in [0.1, 0.15) is 6.54 Å². The molecule has 5 nitrogen and oxygen atoms in total. The van der Waals surface area contributed by atoms with E-state index in [2.05, 4.69) is 5.32 Å². The molecule has 0 aliphatic carbocycles. The third kappa shape index (κ3) is 4.15. The molecule has 2 N–H and O–H groups in total. The molecule has 110 valence electrons. The number of hydrogen-bond acceptors (Lipinski definition) is 2. The third-order valence-corrected chi connectivity index (χ3v) is 2.57. The summed E-state index contributed by atoms with van der Waals surface area (Å²) in [5, 5.41) is 11.2. The number of carboxylic acid groups (broad SMARTS) is 1. The molecule has 1 aromatic rings. The van der Waals surface area contributed by atoms with Crippen LogP contribution in [0.15, 0.2) is 18.2 Å². The van der Waals surface area contributed by atoms with Crippen molar-refractivity contribution in [1.82, 2.24) is 4.90 Å². The van der Waals surface area contributed by atoms with Crippen LogP contribution in [0.1, 0.15) is 15.9 Å². The van der Waals surface area contributed by atoms with Gasteiger partial charge in [-0.3, -0.25) is 0 Å². The van der Waals surface area contributed by atoms with Crippen molar-refractivity contribution in [3.8, 4) is 0 Å². The smallest absolute Gasteiger partial charge is 0.406 e. The first-order valence-corrected chi connectivity index (χ1v) is 5.53. The summed E-state index contributed by atoms with van der Waals surface area (Å²) >= 11 is 0. The molecule has 0 unspecified atom stereocenters. The number of amides is 2. The lowest BCUT2D eigenvalue weighted by atomic mass is 10.1. The normalized spacial score (nSPS) is 11.1. The molecule has 0 bridgehead atoms. The van der Waals surface area contributed by atoms with Crippen molar-refractivity contribution in [2.45, 2.75) is 13.1 Å². The Morgan fingerprint density at radius 3 is 2.45 bits per heavy atom. The minimum absolute atomic E-state index is 0.0266. The van der Waals surface area contributed by atoms with E-state index >= 15 is 0 Å². The van der Waals surface area contributed by atoms with Gasteiger partial charge in [-0.1, -0.05) is 6.07 Å². The van der Waals surface area contributed by atoms with E-state index < -0.39 is 24.7 Å². The maximum atomic E-state index is 12.2. The summed E-state index contributed by atoms with van der Waals surface area (Å²) in [6, 6.07) is 3.19. The number of nitrogens with one attached hydrogen (secondary N) is 1. The van der Waals surface area contributed by atoms with E-state index in [1.165, 1.54) is 25.1 Å². The molecular weight excluding hydrogens is 277 g/mol. The number of hydrogen-bond donors (Lipinski definition) is 2. The van der Waals surface area contributed by atoms with Gasteiger partial charge in [0, 0.05) is 12.7 Å². The number of nitrogens with zero attached hydrogens (tertiary/aromatic N) is 1. The average Bonchev–Trinajstić information content (AvgIpc) is 2.29. The number of rotatable bonds is 3. The van der Waals surface area contributed by atoms with Gasteiger partial charge < -0.3 is 15.3 Å². The molecule has 0 heterocycles. The monoisotopic (exact) mass is 290 g/mol. The number of anilines is 1. The fraction of sp³-hybridized carbons (Fsp3) is 0.333. The number of carbonyl (C=O) groups is 2. The molecule has 0 radical (unpaired) electrons. The van der Waals surface area contributed by atoms with Crippen LogP contribution >= 0.6 is 0 Å². The largest absolute Gasteiger partial charge is 0.478 e. The minimum Gasteiger partial charge on any atom is -0.478 e. The van der Waals surface area contributed by atoms with Gasteiger partial charge in [0.05, 0.1) is 5.56 Å². The van der Waals surface area contributed by atoms with Crippen LogP contribution in [0.25, 0.3) is 0 Å². The van der Waals surface area contributed by atoms with E-state index in [4.69, 9.17) is 5.11 Å². The SMILES string of the molecule is Cc1c(NC(=O)N(C)CC(F)(F)F)cccc1C(=O)O. The van der Waals surface area contributed by atoms with Gasteiger partial charge in [-0.15, -0.1) is 0 Å². The predicted molar refractivity (Wildman–Crippen MR) is 65.8 cm³/mol. The number of carboxylic acids is 1. The van der Waals surface area contributed by atoms with Crippen molar-refractivity contribution in [2.75, 3.05) is 18.9 Å². The Kier molecular flexibility index (Phi) is 4.59. The Balaban J connectivity index is 2.86. The summed E-state index contributed by atoms with van der Waals surface area (Å²) in [5.74, 6) is -1.18. The fourth-order valence-electron chi connectivity index (χ4n) is 1.55. The standard InChI is InChI=1S/C12H13F3N2O3/c1-7-8(10(18)19)4-3-5-9(7)16-11(20)17(2)6-12(13,14)15/h3-5H,6H2,1-2H3,(H,16,20)(H,18,19). The lowest BCUT2D eigenvalue weighted by Crippen LogP contribution is -2.38. The van der Waals surface area contributed by atoms with Gasteiger partial charge >= 0.3 is 18.2 Å². The average molecular weight is 290 g/mol. The van der Waals surface area contributed by atoms with Crippen molar-refractivity contribution >= 4 is 17.7 Å². The fourth-order valence-corrected chi connectivity index (χ4v) is 1.55. The van der Waals surface area contributed by atoms with Gasteiger partial charge in [0.15, 0.2) is 0 Å². The van der Waals surface area contributed by atoms with E-state index in [0.717, 1.165) is 7.05 Å². The second-order valence-electron chi connectivity index (χ2n) is 4.18. The first kappa shape index (κ1) is 15.8. The molecule has 1 aromatic carbocycles. The topological polar surface area (TPSA) is 69.6 Å². The Morgan fingerprint density at radius 1 is 1.35 bits per heavy atom. The molecular formula is C12H13F3N2O3. The lowest BCUT2D eigenvalue weighted by Gasteiger charge is -2.20. The van der Waals surface area contributed by atoms with Crippen molar-refractivity contribution < 1.29 is 27.9 Å². The highest BCUT2D eigenvalue weighted by Gasteiger charge is 2.31. The first-order chi connectivity index (χ1) is 9.11. The van der Waals surface area contributed by atoms with Gasteiger partial charge in [-0.25, -0.2) is 9.59 Å². The van der Waals surface area contributed by atoms with E-state index in [9.17, 15) is 22.8 Å². The highest BCUT2D eigenvalue weighted by Crippen LogP contribution is 2.20. The zero-order chi connectivity index (χ0) is 15.5. The maximum absolute atomic E-state index is 12.2. The van der Waals surface area contributed by atoms with Gasteiger partial charge in [0.2, 0.25) is 0 Å². The van der Waals surface area contributed by atoms with Crippen LogP contribution < -0.4 is 5.32 Å². The Hall–Kier alpha value is -2.25. The number of carbonyl (C=O) groups excluding carboxylic acids is 1. The van der Waals surface area contributed by atoms with Crippen LogP contribution in [-0.2, 0) is 0 Å². The van der Waals surface area contributed by atoms with E-state index in [1.807, 2.05) is 0 Å². The van der Waals surface area contributed by atoms with Crippen molar-refractivity contribution in [3.05, 3.63) is 29.3 Å². The zero-order valence-corrected chi connectivity index (χ0v) is 10.8. The van der Waals surface area contributed by atoms with Crippen LogP contribution in [0.4, 0.5) is 23.7 Å². The Morgan fingerprint density at radius 2 is 1.95 bits per heavy atom. The molecule has 0 fully saturated rings. The molecule has 0 spiro atoms. The maximum Gasteiger partial charge on any atom is 0.406 e. The summed E-state index contributed by atoms with van der Waals surface area (Å²) in [6.07, 6.45) is -4.50. The Bertz CT molecular complexity index is 529. The zero-order valence-electron chi connectivity index (χ0n) is 10.8. The summed E-state index contributed by atoms with van der Waals surface area (Å²) < 4.78 is 36.5. The van der Waals surface area contributed by atoms with Crippen LogP contribution in [0.3, 0.4) is 0 Å². The second kappa shape index (κ2) is 5.81. The summed E-state index contributed by atoms with van der Waals surface area (Å²) in [4.78, 5) is 23.0. The molecule has 0 atom stereocenters. The van der Waals surface area contributed by atoms with Crippen molar-refractivity contribution in [2.24, 2.45) is 0 Å². The summed E-state index contributed by atoms with van der Waals surface area (Å²) in [5.41, 5.74) is 0.402. The van der Waals surface area contributed by atoms with Gasteiger partial charge in [-0.2, -0.15) is 13.2 Å². The second-order valence-corrected chi connectivity index (χ2v) is 4.18. The number of halogens is 3. The van der Waals surface area contributed by atoms with Gasteiger partial charge in [-0.05, 0) is 24.6 Å². The van der Waals surface area contributed by atoms with E-state index in [-0.39, 0.29) is 16.8 Å². The highest BCUT2D eigenvalue weighted by atomic mass is 19.4. The van der Waals surface area contributed by atoms with Crippen LogP contribution in [0, 0.1) is 6.92 Å². The Labute approximate surface area is 113 Å². The van der Waals surface area contributed by atoms with Crippen molar-refractivity contribution in [1.29, 1.82) is 0 Å². The number of alkyl halides is 3. The molecule has 0 aliphatic rings. The van der Waals surface area contributed by atoms with Crippen LogP contribution in [-0.4, -0.2) is 41.8 Å². The van der Waals surface area contributed by atoms with E-state index in [1.54, 1.807) is 0 Å². The first-order valence-electron chi connectivity index (χ1n) is 5.53. The molecule has 0 aromatic heterocycles. The third-order valence-electron chi connectivity index (χ3n) is 2.57. The molecule has 1 rings (SSSR count). The van der Waals surface area contributed by atoms with Crippen LogP contribution in [0.5, 0.6) is 0 Å². The number of urea groups is 1. The molecule has 0 saturated carbocycles. The summed E-state index contributed by atoms with van der Waals surface area (Å²) in [6.45, 7) is 0.0688. The quantitative estimate of drug-likeness (QED) is 0.899. The molecule has 0 saturated heterocycles. The number of aromatic carboxylic acids is 1. The summed E-state index contributed by atoms with van der Waals surface area (Å²) in [7, 11) is 0.999.